The average Bonchev–Trinajstić information content (AvgIpc) is 3.22. The van der Waals surface area contributed by atoms with Gasteiger partial charge in [0.1, 0.15) is 17.6 Å². The molecule has 0 aliphatic heterocycles. The number of hydrogen-bond donors (Lipinski definition) is 1. The zero-order chi connectivity index (χ0) is 22.2. The van der Waals surface area contributed by atoms with Crippen LogP contribution in [-0.4, -0.2) is 36.3 Å². The molecule has 31 heavy (non-hydrogen) atoms. The van der Waals surface area contributed by atoms with Gasteiger partial charge in [-0.1, -0.05) is 18.2 Å². The largest absolute Gasteiger partial charge is 0.497 e. The molecule has 7 nitrogen and oxygen atoms in total. The molecule has 0 saturated heterocycles. The van der Waals surface area contributed by atoms with Crippen LogP contribution in [0.4, 0.5) is 0 Å². The smallest absolute Gasteiger partial charge is 0.244 e. The number of ether oxygens (including phenoxy) is 3. The number of nitrogens with one attached hydrogen (secondary N) is 1. The van der Waals surface area contributed by atoms with Gasteiger partial charge in [-0.3, -0.25) is 4.79 Å². The zero-order valence-corrected chi connectivity index (χ0v) is 18.2. The number of methoxy groups -OCH3 is 2. The first-order chi connectivity index (χ1) is 15.0. The highest BCUT2D eigenvalue weighted by Crippen LogP contribution is 2.28. The molecule has 3 aromatic rings. The average molecular weight is 421 g/mol. The Morgan fingerprint density at radius 3 is 2.68 bits per heavy atom. The van der Waals surface area contributed by atoms with E-state index in [9.17, 15) is 4.79 Å². The van der Waals surface area contributed by atoms with Crippen molar-refractivity contribution in [1.29, 1.82) is 0 Å². The summed E-state index contributed by atoms with van der Waals surface area (Å²) in [7, 11) is 5.10. The molecule has 0 bridgehead atoms. The summed E-state index contributed by atoms with van der Waals surface area (Å²) in [5.41, 5.74) is 1.70. The van der Waals surface area contributed by atoms with Gasteiger partial charge in [0, 0.05) is 25.5 Å². The third kappa shape index (κ3) is 5.45. The molecule has 3 rings (SSSR count). The summed E-state index contributed by atoms with van der Waals surface area (Å²) in [5, 5.41) is 3.04. The molecule has 1 amide bonds. The molecule has 0 fully saturated rings. The Morgan fingerprint density at radius 2 is 2.00 bits per heavy atom. The van der Waals surface area contributed by atoms with Gasteiger partial charge >= 0.3 is 0 Å². The third-order valence-corrected chi connectivity index (χ3v) is 4.75. The van der Waals surface area contributed by atoms with E-state index in [0.717, 1.165) is 17.0 Å². The summed E-state index contributed by atoms with van der Waals surface area (Å²) in [5.74, 6) is 2.47. The van der Waals surface area contributed by atoms with Crippen molar-refractivity contribution in [1.82, 2.24) is 14.9 Å². The summed E-state index contributed by atoms with van der Waals surface area (Å²) in [6.07, 6.45) is 6.78. The van der Waals surface area contributed by atoms with Crippen molar-refractivity contribution >= 4 is 12.0 Å². The minimum atomic E-state index is -0.429. The van der Waals surface area contributed by atoms with E-state index in [-0.39, 0.29) is 5.91 Å². The van der Waals surface area contributed by atoms with Crippen molar-refractivity contribution in [3.05, 3.63) is 77.9 Å². The molecule has 0 radical (unpaired) electrons. The first-order valence-corrected chi connectivity index (χ1v) is 9.96. The first-order valence-electron chi connectivity index (χ1n) is 9.96. The maximum atomic E-state index is 12.8. The van der Waals surface area contributed by atoms with Crippen LogP contribution in [0.5, 0.6) is 17.2 Å². The van der Waals surface area contributed by atoms with Crippen molar-refractivity contribution in [2.24, 2.45) is 7.05 Å². The number of benzene rings is 2. The van der Waals surface area contributed by atoms with Gasteiger partial charge in [0.25, 0.3) is 0 Å². The summed E-state index contributed by atoms with van der Waals surface area (Å²) < 4.78 is 18.1. The van der Waals surface area contributed by atoms with Crippen LogP contribution >= 0.6 is 0 Å². The molecule has 1 heterocycles. The monoisotopic (exact) mass is 421 g/mol. The summed E-state index contributed by atoms with van der Waals surface area (Å²) in [6.45, 7) is 2.43. The van der Waals surface area contributed by atoms with Crippen LogP contribution in [-0.2, 0) is 11.8 Å². The van der Waals surface area contributed by atoms with Crippen molar-refractivity contribution in [3.8, 4) is 17.2 Å². The Hall–Kier alpha value is -3.74. The lowest BCUT2D eigenvalue weighted by Crippen LogP contribution is -2.29. The highest BCUT2D eigenvalue weighted by atomic mass is 16.5. The predicted octanol–water partition coefficient (Wildman–Crippen LogP) is 3.76. The second-order valence-electron chi connectivity index (χ2n) is 6.79. The number of aryl methyl sites for hydroxylation is 1. The molecule has 0 aliphatic rings. The standard InChI is InChI=1S/C24H27N3O4/c1-5-31-21-15-17(9-11-20(21)30-4)10-12-22(28)26-23(24-25-13-14-27(24)2)18-7-6-8-19(16-18)29-3/h6-16,23H,5H2,1-4H3,(H,26,28)/b12-10+. The van der Waals surface area contributed by atoms with E-state index in [1.54, 1.807) is 26.5 Å². The van der Waals surface area contributed by atoms with Gasteiger partial charge in [0.2, 0.25) is 5.91 Å². The second-order valence-corrected chi connectivity index (χ2v) is 6.79. The van der Waals surface area contributed by atoms with Gasteiger partial charge in [-0.15, -0.1) is 0 Å². The fourth-order valence-corrected chi connectivity index (χ4v) is 3.20. The van der Waals surface area contributed by atoms with Gasteiger partial charge in [-0.25, -0.2) is 4.98 Å². The lowest BCUT2D eigenvalue weighted by molar-refractivity contribution is -0.117. The van der Waals surface area contributed by atoms with E-state index in [1.165, 1.54) is 6.08 Å². The van der Waals surface area contributed by atoms with Crippen LogP contribution in [0.25, 0.3) is 6.08 Å². The van der Waals surface area contributed by atoms with Crippen LogP contribution < -0.4 is 19.5 Å². The number of hydrogen-bond acceptors (Lipinski definition) is 5. The maximum absolute atomic E-state index is 12.8. The Kier molecular flexibility index (Phi) is 7.32. The minimum absolute atomic E-state index is 0.246. The number of carbonyl (C=O) groups is 1. The molecule has 7 heteroatoms. The minimum Gasteiger partial charge on any atom is -0.497 e. The van der Waals surface area contributed by atoms with Crippen molar-refractivity contribution < 1.29 is 19.0 Å². The van der Waals surface area contributed by atoms with Gasteiger partial charge in [0.15, 0.2) is 11.5 Å². The Balaban J connectivity index is 1.82. The van der Waals surface area contributed by atoms with Crippen molar-refractivity contribution in [2.45, 2.75) is 13.0 Å². The van der Waals surface area contributed by atoms with E-state index >= 15 is 0 Å². The second kappa shape index (κ2) is 10.3. The van der Waals surface area contributed by atoms with E-state index in [4.69, 9.17) is 14.2 Å². The SMILES string of the molecule is CCOc1cc(/C=C/C(=O)NC(c2cccc(OC)c2)c2nccn2C)ccc1OC. The van der Waals surface area contributed by atoms with Gasteiger partial charge in [-0.05, 0) is 48.4 Å². The quantitative estimate of drug-likeness (QED) is 0.533. The molecular formula is C24H27N3O4. The van der Waals surface area contributed by atoms with Crippen LogP contribution in [0.2, 0.25) is 0 Å². The van der Waals surface area contributed by atoms with Crippen molar-refractivity contribution in [3.63, 3.8) is 0 Å². The van der Waals surface area contributed by atoms with Gasteiger partial charge < -0.3 is 24.1 Å². The fourth-order valence-electron chi connectivity index (χ4n) is 3.20. The fraction of sp³-hybridized carbons (Fsp3) is 0.250. The first kappa shape index (κ1) is 22.0. The van der Waals surface area contributed by atoms with Gasteiger partial charge in [0.05, 0.1) is 20.8 Å². The van der Waals surface area contributed by atoms with Crippen LogP contribution in [0.1, 0.15) is 29.9 Å². The lowest BCUT2D eigenvalue weighted by Gasteiger charge is -2.19. The number of carbonyl (C=O) groups excluding carboxylic acids is 1. The number of amides is 1. The molecule has 2 aromatic carbocycles. The lowest BCUT2D eigenvalue weighted by atomic mass is 10.1. The zero-order valence-electron chi connectivity index (χ0n) is 18.2. The normalized spacial score (nSPS) is 11.9. The van der Waals surface area contributed by atoms with E-state index < -0.39 is 6.04 Å². The Morgan fingerprint density at radius 1 is 1.16 bits per heavy atom. The molecule has 0 aliphatic carbocycles. The molecule has 162 valence electrons. The highest BCUT2D eigenvalue weighted by Gasteiger charge is 2.20. The molecule has 0 spiro atoms. The van der Waals surface area contributed by atoms with Gasteiger partial charge in [-0.2, -0.15) is 0 Å². The molecular weight excluding hydrogens is 394 g/mol. The number of rotatable bonds is 9. The summed E-state index contributed by atoms with van der Waals surface area (Å²) in [4.78, 5) is 17.2. The number of nitrogens with zero attached hydrogens (tertiary/aromatic N) is 2. The maximum Gasteiger partial charge on any atom is 0.244 e. The molecule has 0 saturated carbocycles. The van der Waals surface area contributed by atoms with E-state index in [1.807, 2.05) is 67.2 Å². The predicted molar refractivity (Wildman–Crippen MR) is 119 cm³/mol. The van der Waals surface area contributed by atoms with Crippen LogP contribution in [0, 0.1) is 0 Å². The summed E-state index contributed by atoms with van der Waals surface area (Å²) >= 11 is 0. The van der Waals surface area contributed by atoms with Crippen LogP contribution in [0.15, 0.2) is 60.9 Å². The molecule has 1 atom stereocenters. The van der Waals surface area contributed by atoms with Crippen molar-refractivity contribution in [2.75, 3.05) is 20.8 Å². The molecule has 1 aromatic heterocycles. The van der Waals surface area contributed by atoms with E-state index in [0.29, 0.717) is 23.9 Å². The number of aromatic nitrogens is 2. The topological polar surface area (TPSA) is 74.6 Å². The van der Waals surface area contributed by atoms with Crippen LogP contribution in [0.3, 0.4) is 0 Å². The highest BCUT2D eigenvalue weighted by molar-refractivity contribution is 5.92. The third-order valence-electron chi connectivity index (χ3n) is 4.75. The molecule has 1 unspecified atom stereocenters. The summed E-state index contributed by atoms with van der Waals surface area (Å²) in [6, 6.07) is 12.7. The molecule has 1 N–H and O–H groups in total. The Labute approximate surface area is 182 Å². The Bertz CT molecular complexity index is 1060. The van der Waals surface area contributed by atoms with E-state index in [2.05, 4.69) is 10.3 Å². The number of imidazole rings is 1.